The maximum atomic E-state index is 12.2. The smallest absolute Gasteiger partial charge is 0.277 e. The van der Waals surface area contributed by atoms with Crippen molar-refractivity contribution in [2.75, 3.05) is 6.61 Å². The third-order valence-electron chi connectivity index (χ3n) is 5.64. The second-order valence-corrected chi connectivity index (χ2v) is 8.47. The van der Waals surface area contributed by atoms with E-state index in [1.807, 2.05) is 42.5 Å². The van der Waals surface area contributed by atoms with Gasteiger partial charge in [0.25, 0.3) is 5.91 Å². The molecule has 0 aliphatic heterocycles. The van der Waals surface area contributed by atoms with Gasteiger partial charge in [-0.25, -0.2) is 5.43 Å². The molecule has 0 spiro atoms. The lowest BCUT2D eigenvalue weighted by molar-refractivity contribution is -0.123. The number of hydrogen-bond acceptors (Lipinski definition) is 3. The minimum absolute atomic E-state index is 0.0897. The number of nitrogens with one attached hydrogen (secondary N) is 1. The van der Waals surface area contributed by atoms with E-state index >= 15 is 0 Å². The maximum Gasteiger partial charge on any atom is 0.277 e. The molecule has 1 amide bonds. The van der Waals surface area contributed by atoms with Gasteiger partial charge in [0, 0.05) is 29.2 Å². The van der Waals surface area contributed by atoms with Crippen molar-refractivity contribution >= 4 is 23.0 Å². The summed E-state index contributed by atoms with van der Waals surface area (Å²) in [4.78, 5) is 12.2. The first-order valence-corrected chi connectivity index (χ1v) is 11.2. The number of nitrogens with zero attached hydrogens (tertiary/aromatic N) is 2. The lowest BCUT2D eigenvalue weighted by Crippen LogP contribution is -2.24. The highest BCUT2D eigenvalue weighted by atomic mass is 16.5. The van der Waals surface area contributed by atoms with Crippen LogP contribution in [0.5, 0.6) is 5.75 Å². The van der Waals surface area contributed by atoms with E-state index in [-0.39, 0.29) is 12.5 Å². The molecular formula is C28H29N3O2. The Hall–Kier alpha value is -3.86. The van der Waals surface area contributed by atoms with Crippen LogP contribution in [0.3, 0.4) is 0 Å². The number of para-hydroxylation sites is 1. The highest BCUT2D eigenvalue weighted by molar-refractivity contribution is 5.99. The topological polar surface area (TPSA) is 55.6 Å². The van der Waals surface area contributed by atoms with Gasteiger partial charge in [-0.1, -0.05) is 68.4 Å². The van der Waals surface area contributed by atoms with Crippen LogP contribution in [0, 0.1) is 6.92 Å². The molecule has 4 aromatic rings. The van der Waals surface area contributed by atoms with Gasteiger partial charge in [0.2, 0.25) is 0 Å². The number of aryl methyl sites for hydroxylation is 1. The van der Waals surface area contributed by atoms with Crippen LogP contribution in [0.15, 0.2) is 84.1 Å². The minimum atomic E-state index is -0.301. The van der Waals surface area contributed by atoms with Crippen molar-refractivity contribution < 1.29 is 9.53 Å². The summed E-state index contributed by atoms with van der Waals surface area (Å²) < 4.78 is 7.83. The first-order chi connectivity index (χ1) is 16.0. The number of hydrazone groups is 1. The van der Waals surface area contributed by atoms with Gasteiger partial charge < -0.3 is 9.30 Å². The van der Waals surface area contributed by atoms with Gasteiger partial charge >= 0.3 is 0 Å². The summed E-state index contributed by atoms with van der Waals surface area (Å²) in [5.74, 6) is 0.834. The number of fused-ring (bicyclic) bond motifs is 1. The van der Waals surface area contributed by atoms with E-state index in [4.69, 9.17) is 4.74 Å². The number of amides is 1. The summed E-state index contributed by atoms with van der Waals surface area (Å²) in [5.41, 5.74) is 8.30. The first-order valence-electron chi connectivity index (χ1n) is 11.2. The Morgan fingerprint density at radius 1 is 1.06 bits per heavy atom. The monoisotopic (exact) mass is 439 g/mol. The third kappa shape index (κ3) is 5.50. The molecule has 0 bridgehead atoms. The molecule has 3 aromatic carbocycles. The van der Waals surface area contributed by atoms with Gasteiger partial charge in [0.05, 0.1) is 6.21 Å². The zero-order valence-corrected chi connectivity index (χ0v) is 19.3. The molecular weight excluding hydrogens is 410 g/mol. The molecule has 0 aliphatic rings. The minimum Gasteiger partial charge on any atom is -0.484 e. The van der Waals surface area contributed by atoms with Crippen LogP contribution in [0.2, 0.25) is 0 Å². The molecule has 0 fully saturated rings. The predicted octanol–water partition coefficient (Wildman–Crippen LogP) is 5.65. The van der Waals surface area contributed by atoms with Gasteiger partial charge in [-0.3, -0.25) is 4.79 Å². The molecule has 1 aromatic heterocycles. The molecule has 0 saturated heterocycles. The Morgan fingerprint density at radius 2 is 1.82 bits per heavy atom. The predicted molar refractivity (Wildman–Crippen MR) is 134 cm³/mol. The van der Waals surface area contributed by atoms with E-state index < -0.39 is 0 Å². The van der Waals surface area contributed by atoms with Crippen molar-refractivity contribution in [2.24, 2.45) is 5.10 Å². The van der Waals surface area contributed by atoms with Crippen molar-refractivity contribution in [1.82, 2.24) is 9.99 Å². The number of aromatic nitrogens is 1. The van der Waals surface area contributed by atoms with Crippen molar-refractivity contribution in [3.8, 4) is 5.75 Å². The van der Waals surface area contributed by atoms with E-state index in [0.717, 1.165) is 28.6 Å². The Balaban J connectivity index is 1.39. The van der Waals surface area contributed by atoms with E-state index in [0.29, 0.717) is 11.7 Å². The molecule has 4 rings (SSSR count). The molecule has 0 radical (unpaired) electrons. The number of ether oxygens (including phenoxy) is 1. The van der Waals surface area contributed by atoms with Crippen LogP contribution in [-0.4, -0.2) is 23.3 Å². The number of carbonyl (C=O) groups is 1. The molecule has 168 valence electrons. The maximum absolute atomic E-state index is 12.2. The molecule has 5 nitrogen and oxygen atoms in total. The van der Waals surface area contributed by atoms with Crippen LogP contribution in [0.4, 0.5) is 0 Å². The van der Waals surface area contributed by atoms with Crippen molar-refractivity contribution in [3.63, 3.8) is 0 Å². The highest BCUT2D eigenvalue weighted by Crippen LogP contribution is 2.23. The van der Waals surface area contributed by atoms with Crippen LogP contribution < -0.4 is 10.2 Å². The Labute approximate surface area is 194 Å². The number of rotatable bonds is 8. The van der Waals surface area contributed by atoms with E-state index in [1.54, 1.807) is 6.21 Å². The molecule has 0 saturated carbocycles. The summed E-state index contributed by atoms with van der Waals surface area (Å²) in [7, 11) is 0. The van der Waals surface area contributed by atoms with Crippen LogP contribution in [0.1, 0.15) is 42.0 Å². The van der Waals surface area contributed by atoms with Crippen molar-refractivity contribution in [1.29, 1.82) is 0 Å². The second kappa shape index (κ2) is 10.2. The summed E-state index contributed by atoms with van der Waals surface area (Å²) in [6.07, 6.45) is 3.74. The summed E-state index contributed by atoms with van der Waals surface area (Å²) in [6, 6.07) is 24.4. The molecule has 0 unspecified atom stereocenters. The lowest BCUT2D eigenvalue weighted by atomic mass is 9.98. The van der Waals surface area contributed by atoms with Gasteiger partial charge in [0.15, 0.2) is 6.61 Å². The normalized spacial score (nSPS) is 11.4. The Bertz CT molecular complexity index is 1270. The summed E-state index contributed by atoms with van der Waals surface area (Å²) in [6.45, 7) is 7.06. The van der Waals surface area contributed by atoms with Crippen molar-refractivity contribution in [2.45, 2.75) is 33.2 Å². The highest BCUT2D eigenvalue weighted by Gasteiger charge is 2.09. The average molecular weight is 440 g/mol. The summed E-state index contributed by atoms with van der Waals surface area (Å²) >= 11 is 0. The van der Waals surface area contributed by atoms with Crippen molar-refractivity contribution in [3.05, 3.63) is 101 Å². The van der Waals surface area contributed by atoms with E-state index in [9.17, 15) is 4.79 Å². The summed E-state index contributed by atoms with van der Waals surface area (Å²) in [5, 5.41) is 5.25. The molecule has 0 atom stereocenters. The van der Waals surface area contributed by atoms with Crippen LogP contribution in [-0.2, 0) is 11.3 Å². The standard InChI is InChI=1S/C28H29N3O2/c1-20(2)25-14-13-24(15-21(25)3)33-19-28(32)30-29-16-23-18-31(17-22-9-5-4-6-10-22)27-12-8-7-11-26(23)27/h4-16,18,20H,17,19H2,1-3H3,(H,30,32)/b29-16+. The SMILES string of the molecule is Cc1cc(OCC(=O)N/N=C/c2cn(Cc3ccccc3)c3ccccc23)ccc1C(C)C. The quantitative estimate of drug-likeness (QED) is 0.285. The van der Waals surface area contributed by atoms with E-state index in [2.05, 4.69) is 72.4 Å². The van der Waals surface area contributed by atoms with E-state index in [1.165, 1.54) is 11.1 Å². The Morgan fingerprint density at radius 3 is 2.58 bits per heavy atom. The zero-order chi connectivity index (χ0) is 23.2. The Kier molecular flexibility index (Phi) is 6.89. The number of hydrogen-bond donors (Lipinski definition) is 1. The third-order valence-corrected chi connectivity index (χ3v) is 5.64. The zero-order valence-electron chi connectivity index (χ0n) is 19.3. The first kappa shape index (κ1) is 22.3. The fourth-order valence-corrected chi connectivity index (χ4v) is 4.03. The molecule has 1 heterocycles. The molecule has 5 heteroatoms. The molecule has 33 heavy (non-hydrogen) atoms. The fourth-order valence-electron chi connectivity index (χ4n) is 4.03. The van der Waals surface area contributed by atoms with Gasteiger partial charge in [-0.05, 0) is 47.7 Å². The van der Waals surface area contributed by atoms with Crippen LogP contribution in [0.25, 0.3) is 10.9 Å². The fraction of sp³-hybridized carbons (Fsp3) is 0.214. The number of carbonyl (C=O) groups excluding carboxylic acids is 1. The van der Waals surface area contributed by atoms with Gasteiger partial charge in [-0.15, -0.1) is 0 Å². The average Bonchev–Trinajstić information content (AvgIpc) is 3.15. The van der Waals surface area contributed by atoms with Gasteiger partial charge in [-0.2, -0.15) is 5.10 Å². The molecule has 0 aliphatic carbocycles. The van der Waals surface area contributed by atoms with Crippen LogP contribution >= 0.6 is 0 Å². The number of benzene rings is 3. The molecule has 1 N–H and O–H groups in total. The largest absolute Gasteiger partial charge is 0.484 e. The van der Waals surface area contributed by atoms with Gasteiger partial charge in [0.1, 0.15) is 5.75 Å². The lowest BCUT2D eigenvalue weighted by Gasteiger charge is -2.12. The second-order valence-electron chi connectivity index (χ2n) is 8.47.